The lowest BCUT2D eigenvalue weighted by Crippen LogP contribution is -3.00. The molecule has 0 radical (unpaired) electrons. The minimum atomic E-state index is 0. The van der Waals surface area contributed by atoms with Crippen LogP contribution in [0.3, 0.4) is 0 Å². The third kappa shape index (κ3) is 4.06. The molecule has 0 aliphatic heterocycles. The van der Waals surface area contributed by atoms with E-state index in [2.05, 4.69) is 0 Å². The van der Waals surface area contributed by atoms with Gasteiger partial charge >= 0.3 is 0 Å². The normalized spacial score (nSPS) is 12.3. The predicted molar refractivity (Wildman–Crippen MR) is 55.4 cm³/mol. The van der Waals surface area contributed by atoms with Gasteiger partial charge in [0.25, 0.3) is 0 Å². The standard InChI is InChI=1S/C11H17NO2.ClH/c1-4-9(8-12(2)3)11(13)10-6-5-7-14-10;/h5-7,9H,4,8H2,1-3H3;1H/p-1. The highest BCUT2D eigenvalue weighted by atomic mass is 35.5. The molecular weight excluding hydrogens is 214 g/mol. The molecule has 0 fully saturated rings. The van der Waals surface area contributed by atoms with Gasteiger partial charge in [0.15, 0.2) is 5.76 Å². The van der Waals surface area contributed by atoms with Gasteiger partial charge in [0.05, 0.1) is 6.26 Å². The molecule has 1 heterocycles. The molecule has 1 atom stereocenters. The minimum Gasteiger partial charge on any atom is -1.00 e. The van der Waals surface area contributed by atoms with E-state index in [0.29, 0.717) is 5.76 Å². The largest absolute Gasteiger partial charge is 1.00 e. The molecule has 86 valence electrons. The number of nitrogens with zero attached hydrogens (tertiary/aromatic N) is 1. The molecule has 1 aromatic heterocycles. The van der Waals surface area contributed by atoms with Crippen molar-refractivity contribution >= 4 is 5.78 Å². The topological polar surface area (TPSA) is 33.5 Å². The maximum atomic E-state index is 11.9. The number of carbonyl (C=O) groups excluding carboxylic acids is 1. The third-order valence-electron chi connectivity index (χ3n) is 2.21. The summed E-state index contributed by atoms with van der Waals surface area (Å²) in [7, 11) is 3.94. The Kier molecular flexibility index (Phi) is 6.29. The van der Waals surface area contributed by atoms with E-state index in [1.807, 2.05) is 25.9 Å². The maximum Gasteiger partial charge on any atom is 0.202 e. The Balaban J connectivity index is 0.00000196. The molecular formula is C11H17ClNO2-. The van der Waals surface area contributed by atoms with Crippen molar-refractivity contribution in [1.29, 1.82) is 0 Å². The highest BCUT2D eigenvalue weighted by Gasteiger charge is 2.20. The number of halogens is 1. The highest BCUT2D eigenvalue weighted by molar-refractivity contribution is 5.95. The van der Waals surface area contributed by atoms with E-state index in [1.165, 1.54) is 6.26 Å². The summed E-state index contributed by atoms with van der Waals surface area (Å²) in [5.74, 6) is 0.612. The first kappa shape index (κ1) is 14.2. The predicted octanol–water partition coefficient (Wildman–Crippen LogP) is -0.946. The van der Waals surface area contributed by atoms with Crippen LogP contribution in [0, 0.1) is 5.92 Å². The summed E-state index contributed by atoms with van der Waals surface area (Å²) in [4.78, 5) is 13.9. The van der Waals surface area contributed by atoms with Crippen LogP contribution < -0.4 is 12.4 Å². The molecule has 0 saturated heterocycles. The molecule has 1 rings (SSSR count). The van der Waals surface area contributed by atoms with Crippen molar-refractivity contribution in [3.8, 4) is 0 Å². The lowest BCUT2D eigenvalue weighted by Gasteiger charge is -2.17. The van der Waals surface area contributed by atoms with Crippen molar-refractivity contribution in [1.82, 2.24) is 4.90 Å². The van der Waals surface area contributed by atoms with Gasteiger partial charge in [-0.1, -0.05) is 6.92 Å². The van der Waals surface area contributed by atoms with Crippen LogP contribution in [-0.2, 0) is 0 Å². The van der Waals surface area contributed by atoms with Crippen LogP contribution in [0.1, 0.15) is 23.9 Å². The molecule has 15 heavy (non-hydrogen) atoms. The van der Waals surface area contributed by atoms with E-state index in [1.54, 1.807) is 12.1 Å². The number of furan rings is 1. The molecule has 0 bridgehead atoms. The quantitative estimate of drug-likeness (QED) is 0.612. The van der Waals surface area contributed by atoms with Crippen molar-refractivity contribution in [2.45, 2.75) is 13.3 Å². The van der Waals surface area contributed by atoms with Crippen molar-refractivity contribution in [3.05, 3.63) is 24.2 Å². The van der Waals surface area contributed by atoms with Crippen LogP contribution in [0.25, 0.3) is 0 Å². The zero-order valence-electron chi connectivity index (χ0n) is 9.37. The van der Waals surface area contributed by atoms with E-state index >= 15 is 0 Å². The van der Waals surface area contributed by atoms with E-state index in [4.69, 9.17) is 4.42 Å². The summed E-state index contributed by atoms with van der Waals surface area (Å²) >= 11 is 0. The second-order valence-electron chi connectivity index (χ2n) is 3.71. The SMILES string of the molecule is CCC(CN(C)C)C(=O)c1ccco1.[Cl-]. The Morgan fingerprint density at radius 2 is 2.20 bits per heavy atom. The van der Waals surface area contributed by atoms with Gasteiger partial charge < -0.3 is 21.7 Å². The van der Waals surface area contributed by atoms with Crippen molar-refractivity contribution in [2.75, 3.05) is 20.6 Å². The first-order chi connectivity index (χ1) is 6.65. The van der Waals surface area contributed by atoms with Gasteiger partial charge in [0, 0.05) is 12.5 Å². The molecule has 1 aromatic rings. The van der Waals surface area contributed by atoms with Gasteiger partial charge in [-0.25, -0.2) is 0 Å². The summed E-state index contributed by atoms with van der Waals surface area (Å²) in [6.07, 6.45) is 2.38. The minimum absolute atomic E-state index is 0. The second kappa shape index (κ2) is 6.64. The van der Waals surface area contributed by atoms with E-state index in [0.717, 1.165) is 13.0 Å². The number of ketones is 1. The number of hydrogen-bond acceptors (Lipinski definition) is 3. The summed E-state index contributed by atoms with van der Waals surface area (Å²) in [6, 6.07) is 3.47. The first-order valence-electron chi connectivity index (χ1n) is 4.87. The van der Waals surface area contributed by atoms with Gasteiger partial charge in [-0.2, -0.15) is 0 Å². The smallest absolute Gasteiger partial charge is 0.202 e. The lowest BCUT2D eigenvalue weighted by molar-refractivity contribution is -0.0000112. The zero-order chi connectivity index (χ0) is 10.6. The summed E-state index contributed by atoms with van der Waals surface area (Å²) in [5.41, 5.74) is 0. The van der Waals surface area contributed by atoms with Gasteiger partial charge in [0.2, 0.25) is 5.78 Å². The van der Waals surface area contributed by atoms with Gasteiger partial charge in [-0.3, -0.25) is 4.79 Å². The Bertz CT molecular complexity index is 283. The summed E-state index contributed by atoms with van der Waals surface area (Å²) in [6.45, 7) is 2.80. The van der Waals surface area contributed by atoms with Crippen molar-refractivity contribution < 1.29 is 21.6 Å². The molecule has 3 nitrogen and oxygen atoms in total. The fraction of sp³-hybridized carbons (Fsp3) is 0.545. The van der Waals surface area contributed by atoms with Gasteiger partial charge in [-0.15, -0.1) is 0 Å². The number of hydrogen-bond donors (Lipinski definition) is 0. The molecule has 1 unspecified atom stereocenters. The number of rotatable bonds is 5. The lowest BCUT2D eigenvalue weighted by atomic mass is 9.99. The average Bonchev–Trinajstić information content (AvgIpc) is 2.65. The second-order valence-corrected chi connectivity index (χ2v) is 3.71. The van der Waals surface area contributed by atoms with Crippen LogP contribution in [0.15, 0.2) is 22.8 Å². The third-order valence-corrected chi connectivity index (χ3v) is 2.21. The van der Waals surface area contributed by atoms with Gasteiger partial charge in [-0.05, 0) is 32.6 Å². The van der Waals surface area contributed by atoms with Crippen molar-refractivity contribution in [2.24, 2.45) is 5.92 Å². The Morgan fingerprint density at radius 3 is 2.60 bits per heavy atom. The first-order valence-corrected chi connectivity index (χ1v) is 4.87. The fourth-order valence-corrected chi connectivity index (χ4v) is 1.46. The Morgan fingerprint density at radius 1 is 1.53 bits per heavy atom. The fourth-order valence-electron chi connectivity index (χ4n) is 1.46. The summed E-state index contributed by atoms with van der Waals surface area (Å²) < 4.78 is 5.09. The van der Waals surface area contributed by atoms with E-state index in [9.17, 15) is 4.79 Å². The maximum absolute atomic E-state index is 11.9. The van der Waals surface area contributed by atoms with E-state index in [-0.39, 0.29) is 24.1 Å². The van der Waals surface area contributed by atoms with Crippen LogP contribution in [0.5, 0.6) is 0 Å². The molecule has 0 N–H and O–H groups in total. The molecule has 0 aromatic carbocycles. The molecule has 0 spiro atoms. The number of carbonyl (C=O) groups is 1. The molecule has 0 aliphatic carbocycles. The van der Waals surface area contributed by atoms with Crippen LogP contribution in [0.4, 0.5) is 0 Å². The van der Waals surface area contributed by atoms with Crippen LogP contribution >= 0.6 is 0 Å². The monoisotopic (exact) mass is 230 g/mol. The van der Waals surface area contributed by atoms with E-state index < -0.39 is 0 Å². The average molecular weight is 231 g/mol. The summed E-state index contributed by atoms with van der Waals surface area (Å²) in [5, 5.41) is 0. The van der Waals surface area contributed by atoms with Crippen LogP contribution in [0.2, 0.25) is 0 Å². The molecule has 0 amide bonds. The molecule has 4 heteroatoms. The highest BCUT2D eigenvalue weighted by Crippen LogP contribution is 2.13. The molecule has 0 saturated carbocycles. The number of Topliss-reactive ketones (excluding diaryl/α,β-unsaturated/α-hetero) is 1. The molecule has 0 aliphatic rings. The van der Waals surface area contributed by atoms with Crippen LogP contribution in [-0.4, -0.2) is 31.3 Å². The Hall–Kier alpha value is -0.800. The van der Waals surface area contributed by atoms with Gasteiger partial charge in [0.1, 0.15) is 0 Å². The Labute approximate surface area is 96.9 Å². The van der Waals surface area contributed by atoms with Crippen molar-refractivity contribution in [3.63, 3.8) is 0 Å². The zero-order valence-corrected chi connectivity index (χ0v) is 10.1.